The number of aromatic nitrogens is 3. The standard InChI is InChI=1S/C40H49ClN6O6/c1-45-16-11-29(12-17-45)52-20-21-53-30-8-10-32-35(23-30)43-26-47(39(32)50)25-40(51)13-18-46(19-14-40)37(48)4-2-3-15-42-38(49)28-7-9-31-33(41)24-34(27-5-6-27)44-36(31)22-28/h7-10,22-24,26-27,29,51H,2-6,11-21,25H2,1H3,(H,42,49). The van der Waals surface area contributed by atoms with Crippen molar-refractivity contribution in [1.82, 2.24) is 29.7 Å². The lowest BCUT2D eigenvalue weighted by molar-refractivity contribution is -0.136. The summed E-state index contributed by atoms with van der Waals surface area (Å²) in [6.07, 6.45) is 8.44. The van der Waals surface area contributed by atoms with E-state index in [4.69, 9.17) is 26.1 Å². The number of aliphatic hydroxyl groups is 1. The van der Waals surface area contributed by atoms with Crippen molar-refractivity contribution in [2.45, 2.75) is 82.0 Å². The SMILES string of the molecule is CN1CCC(OCCOc2ccc3c(=O)n(CC4(O)CCN(C(=O)CCCCNC(=O)c5ccc6c(Cl)cc(C7CC7)nc6c5)CC4)cnc3c2)CC1. The van der Waals surface area contributed by atoms with Crippen LogP contribution >= 0.6 is 11.6 Å². The molecule has 2 N–H and O–H groups in total. The van der Waals surface area contributed by atoms with Crippen LogP contribution in [0, 0.1) is 0 Å². The van der Waals surface area contributed by atoms with E-state index in [2.05, 4.69) is 22.2 Å². The lowest BCUT2D eigenvalue weighted by atomic mass is 9.91. The molecule has 1 saturated carbocycles. The van der Waals surface area contributed by atoms with Crippen LogP contribution in [0.4, 0.5) is 0 Å². The van der Waals surface area contributed by atoms with Crippen molar-refractivity contribution in [2.75, 3.05) is 53.0 Å². The number of ether oxygens (including phenoxy) is 2. The first-order chi connectivity index (χ1) is 25.6. The molecule has 2 aromatic heterocycles. The third-order valence-electron chi connectivity index (χ3n) is 10.8. The molecule has 2 aliphatic heterocycles. The molecule has 0 atom stereocenters. The van der Waals surface area contributed by atoms with Gasteiger partial charge in [0.05, 0.1) is 52.6 Å². The predicted octanol–water partition coefficient (Wildman–Crippen LogP) is 4.92. The van der Waals surface area contributed by atoms with Gasteiger partial charge in [0.2, 0.25) is 5.91 Å². The summed E-state index contributed by atoms with van der Waals surface area (Å²) in [6, 6.07) is 12.6. The van der Waals surface area contributed by atoms with Crippen molar-refractivity contribution in [2.24, 2.45) is 0 Å². The molecule has 7 rings (SSSR count). The Labute approximate surface area is 314 Å². The number of halogens is 1. The Kier molecular flexibility index (Phi) is 11.6. The molecule has 2 aromatic carbocycles. The molecule has 282 valence electrons. The number of amides is 2. The van der Waals surface area contributed by atoms with Gasteiger partial charge < -0.3 is 29.7 Å². The average Bonchev–Trinajstić information content (AvgIpc) is 4.01. The monoisotopic (exact) mass is 744 g/mol. The Morgan fingerprint density at radius 2 is 1.74 bits per heavy atom. The third-order valence-corrected chi connectivity index (χ3v) is 11.1. The van der Waals surface area contributed by atoms with Crippen LogP contribution in [0.1, 0.15) is 79.8 Å². The maximum absolute atomic E-state index is 13.3. The average molecular weight is 745 g/mol. The van der Waals surface area contributed by atoms with Gasteiger partial charge in [0, 0.05) is 67.8 Å². The number of hydrogen-bond donors (Lipinski definition) is 2. The van der Waals surface area contributed by atoms with Crippen molar-refractivity contribution in [3.8, 4) is 5.75 Å². The van der Waals surface area contributed by atoms with E-state index in [1.54, 1.807) is 35.2 Å². The van der Waals surface area contributed by atoms with Gasteiger partial charge in [0.25, 0.3) is 11.5 Å². The minimum atomic E-state index is -1.12. The van der Waals surface area contributed by atoms with E-state index in [9.17, 15) is 19.5 Å². The van der Waals surface area contributed by atoms with Crippen molar-refractivity contribution >= 4 is 45.2 Å². The van der Waals surface area contributed by atoms with Gasteiger partial charge in [-0.1, -0.05) is 17.7 Å². The van der Waals surface area contributed by atoms with Crippen molar-refractivity contribution < 1.29 is 24.2 Å². The van der Waals surface area contributed by atoms with Crippen molar-refractivity contribution in [1.29, 1.82) is 0 Å². The summed E-state index contributed by atoms with van der Waals surface area (Å²) in [7, 11) is 2.13. The maximum Gasteiger partial charge on any atom is 0.261 e. The highest BCUT2D eigenvalue weighted by Gasteiger charge is 2.34. The minimum absolute atomic E-state index is 0.0262. The quantitative estimate of drug-likeness (QED) is 0.172. The molecule has 12 nitrogen and oxygen atoms in total. The topological polar surface area (TPSA) is 139 Å². The van der Waals surface area contributed by atoms with Gasteiger partial charge in [-0.25, -0.2) is 4.98 Å². The van der Waals surface area contributed by atoms with Crippen LogP contribution in [0.15, 0.2) is 53.6 Å². The number of unbranched alkanes of at least 4 members (excludes halogenated alkanes) is 1. The van der Waals surface area contributed by atoms with E-state index >= 15 is 0 Å². The molecule has 4 aromatic rings. The molecular formula is C40H49ClN6O6. The molecule has 0 spiro atoms. The molecule has 53 heavy (non-hydrogen) atoms. The molecule has 1 aliphatic carbocycles. The molecule has 3 fully saturated rings. The second-order valence-corrected chi connectivity index (χ2v) is 15.3. The highest BCUT2D eigenvalue weighted by molar-refractivity contribution is 6.35. The number of benzene rings is 2. The molecule has 4 heterocycles. The van der Waals surface area contributed by atoms with Gasteiger partial charge >= 0.3 is 0 Å². The Morgan fingerprint density at radius 1 is 0.962 bits per heavy atom. The van der Waals surface area contributed by atoms with Gasteiger partial charge in [0.15, 0.2) is 0 Å². The number of fused-ring (bicyclic) bond motifs is 2. The lowest BCUT2D eigenvalue weighted by Gasteiger charge is -2.38. The molecule has 0 bridgehead atoms. The van der Waals surface area contributed by atoms with Crippen LogP contribution < -0.4 is 15.6 Å². The summed E-state index contributed by atoms with van der Waals surface area (Å²) in [5.74, 6) is 0.940. The second kappa shape index (κ2) is 16.5. The number of carbonyl (C=O) groups is 2. The summed E-state index contributed by atoms with van der Waals surface area (Å²) < 4.78 is 13.3. The Morgan fingerprint density at radius 3 is 2.51 bits per heavy atom. The number of nitrogens with one attached hydrogen (secondary N) is 1. The zero-order chi connectivity index (χ0) is 37.0. The number of pyridine rings is 1. The zero-order valence-corrected chi connectivity index (χ0v) is 31.2. The molecule has 3 aliphatic rings. The highest BCUT2D eigenvalue weighted by atomic mass is 35.5. The van der Waals surface area contributed by atoms with Gasteiger partial charge in [-0.15, -0.1) is 0 Å². The second-order valence-electron chi connectivity index (χ2n) is 14.9. The number of rotatable bonds is 14. The van der Waals surface area contributed by atoms with Gasteiger partial charge in [-0.05, 0) is 88.7 Å². The zero-order valence-electron chi connectivity index (χ0n) is 30.4. The number of piperidine rings is 2. The predicted molar refractivity (Wildman–Crippen MR) is 204 cm³/mol. The van der Waals surface area contributed by atoms with Gasteiger partial charge in [-0.3, -0.25) is 23.9 Å². The number of likely N-dealkylation sites (tertiary alicyclic amines) is 2. The third kappa shape index (κ3) is 9.35. The van der Waals surface area contributed by atoms with Gasteiger partial charge in [-0.2, -0.15) is 0 Å². The Bertz CT molecular complexity index is 2000. The highest BCUT2D eigenvalue weighted by Crippen LogP contribution is 2.41. The van der Waals surface area contributed by atoms with Crippen LogP contribution in [0.5, 0.6) is 5.75 Å². The normalized spacial score (nSPS) is 18.1. The minimum Gasteiger partial charge on any atom is -0.491 e. The summed E-state index contributed by atoms with van der Waals surface area (Å²) in [5.41, 5.74) is 1.43. The number of nitrogens with zero attached hydrogens (tertiary/aromatic N) is 5. The van der Waals surface area contributed by atoms with E-state index in [0.717, 1.165) is 55.4 Å². The van der Waals surface area contributed by atoms with Crippen LogP contribution in [0.2, 0.25) is 5.02 Å². The van der Waals surface area contributed by atoms with Crippen molar-refractivity contribution in [3.63, 3.8) is 0 Å². The van der Waals surface area contributed by atoms with E-state index in [0.29, 0.717) is 98.1 Å². The summed E-state index contributed by atoms with van der Waals surface area (Å²) in [5, 5.41) is 16.3. The largest absolute Gasteiger partial charge is 0.491 e. The smallest absolute Gasteiger partial charge is 0.261 e. The van der Waals surface area contributed by atoms with E-state index in [-0.39, 0.29) is 30.0 Å². The van der Waals surface area contributed by atoms with Crippen LogP contribution in [0.25, 0.3) is 21.8 Å². The molecule has 2 saturated heterocycles. The molecule has 0 radical (unpaired) electrons. The number of carbonyl (C=O) groups excluding carboxylic acids is 2. The molecular weight excluding hydrogens is 696 g/mol. The first-order valence-electron chi connectivity index (χ1n) is 18.9. The summed E-state index contributed by atoms with van der Waals surface area (Å²) >= 11 is 6.47. The van der Waals surface area contributed by atoms with Crippen LogP contribution in [-0.4, -0.2) is 106 Å². The molecule has 13 heteroatoms. The van der Waals surface area contributed by atoms with Crippen LogP contribution in [-0.2, 0) is 16.1 Å². The summed E-state index contributed by atoms with van der Waals surface area (Å²) in [6.45, 7) is 4.39. The first kappa shape index (κ1) is 37.2. The van der Waals surface area contributed by atoms with E-state index in [1.807, 2.05) is 12.1 Å². The van der Waals surface area contributed by atoms with Gasteiger partial charge in [0.1, 0.15) is 12.4 Å². The number of hydrogen-bond acceptors (Lipinski definition) is 9. The molecule has 0 unspecified atom stereocenters. The fourth-order valence-corrected chi connectivity index (χ4v) is 7.58. The molecule has 2 amide bonds. The lowest BCUT2D eigenvalue weighted by Crippen LogP contribution is -2.49. The fraction of sp³-hybridized carbons (Fsp3) is 0.525. The maximum atomic E-state index is 13.3. The van der Waals surface area contributed by atoms with Crippen molar-refractivity contribution in [3.05, 3.63) is 75.4 Å². The first-order valence-corrected chi connectivity index (χ1v) is 19.3. The van der Waals surface area contributed by atoms with Crippen LogP contribution in [0.3, 0.4) is 0 Å². The fourth-order valence-electron chi connectivity index (χ4n) is 7.31. The van der Waals surface area contributed by atoms with E-state index in [1.165, 1.54) is 10.9 Å². The Balaban J connectivity index is 0.821. The van der Waals surface area contributed by atoms with E-state index < -0.39 is 5.60 Å². The Hall–Kier alpha value is -4.10. The summed E-state index contributed by atoms with van der Waals surface area (Å²) in [4.78, 5) is 52.4.